The molecule has 3 rings (SSSR count). The fraction of sp³-hybridized carbons (Fsp3) is 0.400. The third-order valence-corrected chi connectivity index (χ3v) is 3.77. The number of anilines is 1. The summed E-state index contributed by atoms with van der Waals surface area (Å²) in [5.74, 6) is 0.758. The predicted molar refractivity (Wildman–Crippen MR) is 86.1 cm³/mol. The van der Waals surface area contributed by atoms with Crippen LogP contribution in [0.3, 0.4) is 0 Å². The Morgan fingerprint density at radius 1 is 1.29 bits per heavy atom. The molecule has 1 aromatic carbocycles. The Morgan fingerprint density at radius 2 is 2.05 bits per heavy atom. The van der Waals surface area contributed by atoms with Crippen molar-refractivity contribution in [3.05, 3.63) is 41.6 Å². The maximum absolute atomic E-state index is 6.29. The van der Waals surface area contributed by atoms with Crippen LogP contribution in [0.2, 0.25) is 0 Å². The van der Waals surface area contributed by atoms with E-state index in [1.807, 2.05) is 35.0 Å². The monoisotopic (exact) mass is 308 g/mol. The third kappa shape index (κ3) is 3.20. The largest absolute Gasteiger partial charge is 0.383 e. The molecule has 0 atom stereocenters. The molecule has 0 saturated heterocycles. The lowest BCUT2D eigenvalue weighted by Gasteiger charge is -2.25. The number of halogens is 1. The molecular weight excluding hydrogens is 288 g/mol. The maximum Gasteiger partial charge on any atom is 0.132 e. The van der Waals surface area contributed by atoms with E-state index >= 15 is 0 Å². The van der Waals surface area contributed by atoms with E-state index < -0.39 is 0 Å². The number of benzene rings is 1. The molecule has 0 aliphatic carbocycles. The van der Waals surface area contributed by atoms with E-state index in [1.54, 1.807) is 7.11 Å². The average molecular weight is 309 g/mol. The lowest BCUT2D eigenvalue weighted by atomic mass is 10.1. The van der Waals surface area contributed by atoms with Crippen molar-refractivity contribution in [1.29, 1.82) is 0 Å². The van der Waals surface area contributed by atoms with Crippen LogP contribution in [-0.2, 0) is 17.7 Å². The first-order chi connectivity index (χ1) is 9.79. The summed E-state index contributed by atoms with van der Waals surface area (Å²) < 4.78 is 7.00. The van der Waals surface area contributed by atoms with Crippen LogP contribution in [0.15, 0.2) is 30.3 Å². The second-order valence-electron chi connectivity index (χ2n) is 5.08. The fourth-order valence-electron chi connectivity index (χ4n) is 2.63. The van der Waals surface area contributed by atoms with Crippen molar-refractivity contribution >= 4 is 18.2 Å². The number of hydrogen-bond donors (Lipinski definition) is 1. The number of methoxy groups -OCH3 is 1. The first kappa shape index (κ1) is 15.8. The van der Waals surface area contributed by atoms with E-state index in [9.17, 15) is 0 Å². The molecule has 0 radical (unpaired) electrons. The summed E-state index contributed by atoms with van der Waals surface area (Å²) in [4.78, 5) is 2.36. The summed E-state index contributed by atoms with van der Waals surface area (Å²) in [5, 5.41) is 4.67. The Bertz CT molecular complexity index is 585. The summed E-state index contributed by atoms with van der Waals surface area (Å²) in [6.07, 6.45) is 0.948. The molecule has 114 valence electrons. The highest BCUT2D eigenvalue weighted by atomic mass is 35.5. The first-order valence-electron chi connectivity index (χ1n) is 6.92. The lowest BCUT2D eigenvalue weighted by Crippen LogP contribution is -2.33. The molecule has 6 heteroatoms. The molecule has 1 aliphatic heterocycles. The van der Waals surface area contributed by atoms with Gasteiger partial charge in [0.15, 0.2) is 0 Å². The molecule has 5 nitrogen and oxygen atoms in total. The van der Waals surface area contributed by atoms with E-state index in [1.165, 1.54) is 0 Å². The van der Waals surface area contributed by atoms with Crippen LogP contribution in [-0.4, -0.2) is 41.5 Å². The first-order valence-corrected chi connectivity index (χ1v) is 6.92. The normalized spacial score (nSPS) is 14.5. The van der Waals surface area contributed by atoms with Crippen molar-refractivity contribution < 1.29 is 4.74 Å². The quantitative estimate of drug-likeness (QED) is 0.937. The number of nitrogens with zero attached hydrogens (tertiary/aromatic N) is 3. The smallest absolute Gasteiger partial charge is 0.132 e. The molecule has 0 amide bonds. The summed E-state index contributed by atoms with van der Waals surface area (Å²) >= 11 is 0. The van der Waals surface area contributed by atoms with Crippen LogP contribution < -0.4 is 5.73 Å². The molecule has 0 bridgehead atoms. The molecule has 1 aliphatic rings. The molecule has 1 aromatic heterocycles. The topological polar surface area (TPSA) is 56.3 Å². The Hall–Kier alpha value is -1.56. The highest BCUT2D eigenvalue weighted by molar-refractivity contribution is 5.85. The van der Waals surface area contributed by atoms with Gasteiger partial charge in [-0.25, -0.2) is 4.68 Å². The van der Waals surface area contributed by atoms with E-state index in [0.29, 0.717) is 0 Å². The van der Waals surface area contributed by atoms with Crippen LogP contribution in [0.5, 0.6) is 0 Å². The molecule has 0 unspecified atom stereocenters. The van der Waals surface area contributed by atoms with Gasteiger partial charge in [-0.1, -0.05) is 18.2 Å². The zero-order valence-corrected chi connectivity index (χ0v) is 13.0. The average Bonchev–Trinajstić information content (AvgIpc) is 2.83. The highest BCUT2D eigenvalue weighted by Gasteiger charge is 2.23. The van der Waals surface area contributed by atoms with Gasteiger partial charge in [-0.15, -0.1) is 12.4 Å². The van der Waals surface area contributed by atoms with Gasteiger partial charge in [-0.3, -0.25) is 4.90 Å². The fourth-order valence-corrected chi connectivity index (χ4v) is 2.63. The number of para-hydroxylation sites is 1. The number of fused-ring (bicyclic) bond motifs is 1. The van der Waals surface area contributed by atoms with Crippen LogP contribution >= 0.6 is 12.4 Å². The SMILES string of the molecule is COCCN1CCc2nn(-c3ccccc3)c(N)c2C1.Cl. The van der Waals surface area contributed by atoms with Gasteiger partial charge in [0, 0.05) is 38.7 Å². The molecular formula is C15H21ClN4O. The number of nitrogen functional groups attached to an aromatic ring is 1. The number of hydrogen-bond acceptors (Lipinski definition) is 4. The minimum Gasteiger partial charge on any atom is -0.383 e. The second-order valence-corrected chi connectivity index (χ2v) is 5.08. The Morgan fingerprint density at radius 3 is 2.76 bits per heavy atom. The van der Waals surface area contributed by atoms with Crippen molar-refractivity contribution in [3.63, 3.8) is 0 Å². The van der Waals surface area contributed by atoms with Gasteiger partial charge in [0.2, 0.25) is 0 Å². The molecule has 0 saturated carbocycles. The van der Waals surface area contributed by atoms with Crippen molar-refractivity contribution in [2.24, 2.45) is 0 Å². The number of ether oxygens (including phenoxy) is 1. The van der Waals surface area contributed by atoms with E-state index in [0.717, 1.165) is 55.4 Å². The van der Waals surface area contributed by atoms with Gasteiger partial charge in [-0.05, 0) is 12.1 Å². The molecule has 0 fully saturated rings. The van der Waals surface area contributed by atoms with Crippen molar-refractivity contribution in [1.82, 2.24) is 14.7 Å². The predicted octanol–water partition coefficient (Wildman–Crippen LogP) is 1.88. The van der Waals surface area contributed by atoms with Gasteiger partial charge < -0.3 is 10.5 Å². The van der Waals surface area contributed by atoms with E-state index in [2.05, 4.69) is 10.00 Å². The van der Waals surface area contributed by atoms with Crippen molar-refractivity contribution in [2.75, 3.05) is 32.5 Å². The van der Waals surface area contributed by atoms with Crippen molar-refractivity contribution in [2.45, 2.75) is 13.0 Å². The standard InChI is InChI=1S/C15H20N4O.ClH/c1-20-10-9-18-8-7-14-13(11-18)15(16)19(17-14)12-5-3-2-4-6-12;/h2-6H,7-11,16H2,1H3;1H. The van der Waals surface area contributed by atoms with E-state index in [-0.39, 0.29) is 12.4 Å². The van der Waals surface area contributed by atoms with Crippen LogP contribution in [0, 0.1) is 0 Å². The Kier molecular flexibility index (Phi) is 5.22. The summed E-state index contributed by atoms with van der Waals surface area (Å²) in [6, 6.07) is 10.0. The van der Waals surface area contributed by atoms with Crippen LogP contribution in [0.4, 0.5) is 5.82 Å². The molecule has 2 aromatic rings. The van der Waals surface area contributed by atoms with Gasteiger partial charge in [0.25, 0.3) is 0 Å². The van der Waals surface area contributed by atoms with E-state index in [4.69, 9.17) is 10.5 Å². The van der Waals surface area contributed by atoms with Gasteiger partial charge in [-0.2, -0.15) is 5.10 Å². The van der Waals surface area contributed by atoms with Crippen LogP contribution in [0.1, 0.15) is 11.3 Å². The molecule has 21 heavy (non-hydrogen) atoms. The maximum atomic E-state index is 6.29. The zero-order valence-electron chi connectivity index (χ0n) is 12.2. The molecule has 2 N–H and O–H groups in total. The molecule has 0 spiro atoms. The van der Waals surface area contributed by atoms with Crippen molar-refractivity contribution in [3.8, 4) is 5.69 Å². The van der Waals surface area contributed by atoms with Gasteiger partial charge in [0.05, 0.1) is 18.0 Å². The minimum absolute atomic E-state index is 0. The summed E-state index contributed by atoms with van der Waals surface area (Å²) in [7, 11) is 1.73. The number of nitrogens with two attached hydrogens (primary N) is 1. The number of rotatable bonds is 4. The van der Waals surface area contributed by atoms with Gasteiger partial charge >= 0.3 is 0 Å². The van der Waals surface area contributed by atoms with Crippen LogP contribution in [0.25, 0.3) is 5.69 Å². The molecule has 2 heterocycles. The Labute approximate surface area is 131 Å². The zero-order chi connectivity index (χ0) is 13.9. The second kappa shape index (κ2) is 6.93. The summed E-state index contributed by atoms with van der Waals surface area (Å²) in [6.45, 7) is 3.56. The number of aromatic nitrogens is 2. The highest BCUT2D eigenvalue weighted by Crippen LogP contribution is 2.26. The lowest BCUT2D eigenvalue weighted by molar-refractivity contribution is 0.140. The summed E-state index contributed by atoms with van der Waals surface area (Å²) in [5.41, 5.74) is 9.59. The minimum atomic E-state index is 0. The Balaban J connectivity index is 0.00000161. The van der Waals surface area contributed by atoms with Gasteiger partial charge in [0.1, 0.15) is 5.82 Å². The third-order valence-electron chi connectivity index (χ3n) is 3.77.